The van der Waals surface area contributed by atoms with Crippen LogP contribution < -0.4 is 5.32 Å². The number of alkyl halides is 3. The molecule has 0 aliphatic rings. The Bertz CT molecular complexity index is 915. The minimum Gasteiger partial charge on any atom is -0.444 e. The van der Waals surface area contributed by atoms with Gasteiger partial charge in [-0.25, -0.2) is 9.48 Å². The molecule has 2 rings (SSSR count). The molecule has 0 aliphatic heterocycles. The number of amides is 2. The number of nitrogens with one attached hydrogen (secondary N) is 1. The number of aryl methyl sites for hydroxylation is 1. The van der Waals surface area contributed by atoms with Crippen molar-refractivity contribution in [3.05, 3.63) is 47.3 Å². The summed E-state index contributed by atoms with van der Waals surface area (Å²) in [5.74, 6) is -0.925. The van der Waals surface area contributed by atoms with Gasteiger partial charge in [-0.05, 0) is 46.8 Å². The van der Waals surface area contributed by atoms with Gasteiger partial charge in [-0.1, -0.05) is 17.7 Å². The van der Waals surface area contributed by atoms with Crippen molar-refractivity contribution in [2.45, 2.75) is 46.4 Å². The molecule has 10 heteroatoms. The Balaban J connectivity index is 2.15. The van der Waals surface area contributed by atoms with Gasteiger partial charge in [-0.2, -0.15) is 18.3 Å². The fraction of sp³-hybridized carbons (Fsp3) is 0.476. The Morgan fingerprint density at radius 2 is 1.77 bits per heavy atom. The van der Waals surface area contributed by atoms with Crippen molar-refractivity contribution in [3.8, 4) is 5.69 Å². The average molecular weight is 440 g/mol. The number of rotatable bonds is 6. The molecule has 0 unspecified atom stereocenters. The SMILES string of the molecule is CCN(CCNC(=O)c1cnn(-c2ccc(C)cc2)c1C(F)(F)F)C(=O)OC(C)(C)C. The van der Waals surface area contributed by atoms with Gasteiger partial charge in [0, 0.05) is 19.6 Å². The summed E-state index contributed by atoms with van der Waals surface area (Å²) < 4.78 is 47.1. The number of carbonyl (C=O) groups excluding carboxylic acids is 2. The molecule has 2 amide bonds. The number of carbonyl (C=O) groups is 2. The molecule has 2 aromatic rings. The molecule has 0 aliphatic carbocycles. The van der Waals surface area contributed by atoms with Crippen LogP contribution in [0.1, 0.15) is 49.3 Å². The molecule has 1 N–H and O–H groups in total. The van der Waals surface area contributed by atoms with E-state index in [4.69, 9.17) is 4.74 Å². The van der Waals surface area contributed by atoms with Crippen LogP contribution in [0.15, 0.2) is 30.5 Å². The molecule has 7 nitrogen and oxygen atoms in total. The Kier molecular flexibility index (Phi) is 7.35. The third-order valence-electron chi connectivity index (χ3n) is 4.26. The summed E-state index contributed by atoms with van der Waals surface area (Å²) in [7, 11) is 0. The van der Waals surface area contributed by atoms with Gasteiger partial charge in [0.1, 0.15) is 5.60 Å². The molecule has 0 fully saturated rings. The first-order valence-corrected chi connectivity index (χ1v) is 9.82. The van der Waals surface area contributed by atoms with Crippen molar-refractivity contribution in [3.63, 3.8) is 0 Å². The highest BCUT2D eigenvalue weighted by molar-refractivity contribution is 5.95. The summed E-state index contributed by atoms with van der Waals surface area (Å²) in [6, 6.07) is 6.32. The van der Waals surface area contributed by atoms with Crippen molar-refractivity contribution < 1.29 is 27.5 Å². The van der Waals surface area contributed by atoms with Gasteiger partial charge in [0.05, 0.1) is 17.4 Å². The lowest BCUT2D eigenvalue weighted by molar-refractivity contribution is -0.143. The van der Waals surface area contributed by atoms with E-state index in [1.165, 1.54) is 17.0 Å². The smallest absolute Gasteiger partial charge is 0.434 e. The van der Waals surface area contributed by atoms with E-state index in [9.17, 15) is 22.8 Å². The molecule has 0 bridgehead atoms. The zero-order valence-corrected chi connectivity index (χ0v) is 18.2. The van der Waals surface area contributed by atoms with E-state index in [0.29, 0.717) is 11.2 Å². The first-order chi connectivity index (χ1) is 14.3. The first kappa shape index (κ1) is 24.2. The zero-order valence-electron chi connectivity index (χ0n) is 18.2. The van der Waals surface area contributed by atoms with Gasteiger partial charge in [-0.3, -0.25) is 4.79 Å². The molecule has 0 saturated carbocycles. The maximum Gasteiger partial charge on any atom is 0.434 e. The van der Waals surface area contributed by atoms with Gasteiger partial charge in [0.25, 0.3) is 5.91 Å². The summed E-state index contributed by atoms with van der Waals surface area (Å²) >= 11 is 0. The average Bonchev–Trinajstić information content (AvgIpc) is 3.10. The molecule has 31 heavy (non-hydrogen) atoms. The highest BCUT2D eigenvalue weighted by atomic mass is 19.4. The Morgan fingerprint density at radius 1 is 1.16 bits per heavy atom. The quantitative estimate of drug-likeness (QED) is 0.731. The van der Waals surface area contributed by atoms with Crippen LogP contribution in [-0.2, 0) is 10.9 Å². The molecular formula is C21H27F3N4O3. The normalized spacial score (nSPS) is 11.9. The molecule has 0 spiro atoms. The number of benzene rings is 1. The van der Waals surface area contributed by atoms with E-state index in [1.54, 1.807) is 39.8 Å². The monoisotopic (exact) mass is 440 g/mol. The Hall–Kier alpha value is -3.04. The van der Waals surface area contributed by atoms with Crippen molar-refractivity contribution >= 4 is 12.0 Å². The Morgan fingerprint density at radius 3 is 2.29 bits per heavy atom. The van der Waals surface area contributed by atoms with E-state index in [2.05, 4.69) is 10.4 Å². The minimum absolute atomic E-state index is 0.0427. The predicted molar refractivity (Wildman–Crippen MR) is 109 cm³/mol. The summed E-state index contributed by atoms with van der Waals surface area (Å²) in [5, 5.41) is 6.21. The van der Waals surface area contributed by atoms with Crippen LogP contribution in [0.2, 0.25) is 0 Å². The van der Waals surface area contributed by atoms with Crippen LogP contribution in [0.3, 0.4) is 0 Å². The van der Waals surface area contributed by atoms with Crippen LogP contribution in [0.5, 0.6) is 0 Å². The summed E-state index contributed by atoms with van der Waals surface area (Å²) in [6.45, 7) is 9.10. The van der Waals surface area contributed by atoms with Gasteiger partial charge < -0.3 is 15.0 Å². The minimum atomic E-state index is -4.79. The highest BCUT2D eigenvalue weighted by Crippen LogP contribution is 2.33. The number of hydrogen-bond donors (Lipinski definition) is 1. The lowest BCUT2D eigenvalue weighted by Crippen LogP contribution is -2.41. The molecule has 170 valence electrons. The van der Waals surface area contributed by atoms with Gasteiger partial charge >= 0.3 is 12.3 Å². The van der Waals surface area contributed by atoms with Crippen LogP contribution >= 0.6 is 0 Å². The van der Waals surface area contributed by atoms with E-state index in [-0.39, 0.29) is 18.8 Å². The second-order valence-corrected chi connectivity index (χ2v) is 7.97. The van der Waals surface area contributed by atoms with E-state index >= 15 is 0 Å². The van der Waals surface area contributed by atoms with Crippen molar-refractivity contribution in [2.24, 2.45) is 0 Å². The lowest BCUT2D eigenvalue weighted by Gasteiger charge is -2.26. The predicted octanol–water partition coefficient (Wildman–Crippen LogP) is 4.19. The molecule has 0 atom stereocenters. The molecule has 0 radical (unpaired) electrons. The number of ether oxygens (including phenoxy) is 1. The van der Waals surface area contributed by atoms with Crippen LogP contribution in [0.25, 0.3) is 5.69 Å². The number of aromatic nitrogens is 2. The van der Waals surface area contributed by atoms with Crippen LogP contribution in [0.4, 0.5) is 18.0 Å². The largest absolute Gasteiger partial charge is 0.444 e. The number of likely N-dealkylation sites (N-methyl/N-ethyl adjacent to an activating group) is 1. The number of hydrogen-bond acceptors (Lipinski definition) is 4. The fourth-order valence-electron chi connectivity index (χ4n) is 2.77. The Labute approximate surface area is 179 Å². The van der Waals surface area contributed by atoms with Gasteiger partial charge in [-0.15, -0.1) is 0 Å². The van der Waals surface area contributed by atoms with Crippen LogP contribution in [-0.4, -0.2) is 51.9 Å². The van der Waals surface area contributed by atoms with Gasteiger partial charge in [0.15, 0.2) is 5.69 Å². The third kappa shape index (κ3) is 6.47. The molecule has 0 saturated heterocycles. The second kappa shape index (κ2) is 9.40. The van der Waals surface area contributed by atoms with Crippen molar-refractivity contribution in [2.75, 3.05) is 19.6 Å². The maximum absolute atomic E-state index is 13.7. The number of nitrogens with zero attached hydrogens (tertiary/aromatic N) is 3. The lowest BCUT2D eigenvalue weighted by atomic mass is 10.2. The summed E-state index contributed by atoms with van der Waals surface area (Å²) in [4.78, 5) is 26.0. The zero-order chi connectivity index (χ0) is 23.4. The van der Waals surface area contributed by atoms with E-state index in [0.717, 1.165) is 11.8 Å². The van der Waals surface area contributed by atoms with Crippen LogP contribution in [0, 0.1) is 6.92 Å². The summed E-state index contributed by atoms with van der Waals surface area (Å²) in [6.07, 6.45) is -4.46. The molecule has 1 heterocycles. The number of halogens is 3. The fourth-order valence-corrected chi connectivity index (χ4v) is 2.77. The topological polar surface area (TPSA) is 76.5 Å². The van der Waals surface area contributed by atoms with Crippen molar-refractivity contribution in [1.29, 1.82) is 0 Å². The maximum atomic E-state index is 13.7. The van der Waals surface area contributed by atoms with E-state index < -0.39 is 35.0 Å². The van der Waals surface area contributed by atoms with E-state index in [1.807, 2.05) is 6.92 Å². The molecule has 1 aromatic heterocycles. The molecular weight excluding hydrogens is 413 g/mol. The molecule has 1 aromatic carbocycles. The highest BCUT2D eigenvalue weighted by Gasteiger charge is 2.40. The summed E-state index contributed by atoms with van der Waals surface area (Å²) in [5.41, 5.74) is -1.35. The van der Waals surface area contributed by atoms with Crippen molar-refractivity contribution in [1.82, 2.24) is 20.0 Å². The standard InChI is InChI=1S/C21H27F3N4O3/c1-6-27(19(30)31-20(3,4)5)12-11-25-18(29)16-13-26-28(17(16)21(22,23)24)15-9-7-14(2)8-10-15/h7-10,13H,6,11-12H2,1-5H3,(H,25,29). The van der Waals surface area contributed by atoms with Gasteiger partial charge in [0.2, 0.25) is 0 Å². The third-order valence-corrected chi connectivity index (χ3v) is 4.26. The second-order valence-electron chi connectivity index (χ2n) is 7.97. The first-order valence-electron chi connectivity index (χ1n) is 9.82.